The van der Waals surface area contributed by atoms with Gasteiger partial charge < -0.3 is 17.3 Å². The second kappa shape index (κ2) is 20.5. The van der Waals surface area contributed by atoms with Gasteiger partial charge in [0.15, 0.2) is 0 Å². The molecule has 2 aromatic carbocycles. The third-order valence-electron chi connectivity index (χ3n) is 3.96. The molecule has 34 heavy (non-hydrogen) atoms. The molecule has 0 bridgehead atoms. The average molecular weight is 525 g/mol. The third kappa shape index (κ3) is 16.5. The number of hydrogen-bond acceptors (Lipinski definition) is 5. The van der Waals surface area contributed by atoms with Crippen LogP contribution >= 0.6 is 0 Å². The van der Waals surface area contributed by atoms with Gasteiger partial charge in [-0.05, 0) is 63.8 Å². The van der Waals surface area contributed by atoms with Crippen LogP contribution in [0.15, 0.2) is 46.4 Å². The predicted octanol–water partition coefficient (Wildman–Crippen LogP) is 5.76. The summed E-state index contributed by atoms with van der Waals surface area (Å²) in [6, 6.07) is 12.5. The minimum absolute atomic E-state index is 0. The van der Waals surface area contributed by atoms with Gasteiger partial charge in [-0.3, -0.25) is 9.98 Å². The Labute approximate surface area is 206 Å². The third-order valence-corrected chi connectivity index (χ3v) is 3.96. The van der Waals surface area contributed by atoms with E-state index in [1.54, 1.807) is 0 Å². The maximum atomic E-state index is 9.75. The van der Waals surface area contributed by atoms with Gasteiger partial charge >= 0.3 is 7.25 Å². The fourth-order valence-electron chi connectivity index (χ4n) is 2.46. The van der Waals surface area contributed by atoms with E-state index in [0.717, 1.165) is 22.8 Å². The molecule has 187 valence electrons. The Hall–Kier alpha value is -3.12. The zero-order chi connectivity index (χ0) is 26.8. The van der Waals surface area contributed by atoms with E-state index in [9.17, 15) is 17.3 Å². The molecule has 14 heteroatoms. The summed E-state index contributed by atoms with van der Waals surface area (Å²) in [5.74, 6) is 0. The van der Waals surface area contributed by atoms with Gasteiger partial charge in [0.05, 0.1) is 22.8 Å². The van der Waals surface area contributed by atoms with Gasteiger partial charge in [0.2, 0.25) is 0 Å². The SMILES string of the molecule is CC(=Nc1c(C)cccc1C)C(C)=Nc1c(C)cccc1C.F[B-](F)(F)F.[Fe].[N]=O.[N]=O.[N]=O. The van der Waals surface area contributed by atoms with Crippen LogP contribution in [0, 0.1) is 42.4 Å². The second-order valence-corrected chi connectivity index (χ2v) is 6.37. The summed E-state index contributed by atoms with van der Waals surface area (Å²) in [5, 5.41) is 0. The summed E-state index contributed by atoms with van der Waals surface area (Å²) in [4.78, 5) is 31.3. The summed E-state index contributed by atoms with van der Waals surface area (Å²) in [6.45, 7) is 12.4. The van der Waals surface area contributed by atoms with E-state index in [1.165, 1.54) is 22.3 Å². The molecule has 0 atom stereocenters. The second-order valence-electron chi connectivity index (χ2n) is 6.37. The normalized spacial score (nSPS) is 10.3. The van der Waals surface area contributed by atoms with Crippen LogP contribution in [0.5, 0.6) is 0 Å². The average Bonchev–Trinajstić information content (AvgIpc) is 2.76. The quantitative estimate of drug-likeness (QED) is 0.286. The number of nitroso groups, excluding NO2 is 3. The Bertz CT molecular complexity index is 815. The number of hydrogen-bond donors (Lipinski definition) is 0. The molecular formula is C20H24BF4FeN5O3-. The Balaban J connectivity index is -0.000000322. The first-order chi connectivity index (χ1) is 15.4. The summed E-state index contributed by atoms with van der Waals surface area (Å²) in [7, 11) is -6.00. The number of aryl methyl sites for hydroxylation is 4. The van der Waals surface area contributed by atoms with Gasteiger partial charge in [-0.1, -0.05) is 36.4 Å². The van der Waals surface area contributed by atoms with E-state index >= 15 is 0 Å². The van der Waals surface area contributed by atoms with E-state index in [4.69, 9.17) is 41.5 Å². The van der Waals surface area contributed by atoms with Crippen molar-refractivity contribution < 1.29 is 34.3 Å². The van der Waals surface area contributed by atoms with Gasteiger partial charge in [0.25, 0.3) is 0 Å². The van der Waals surface area contributed by atoms with Gasteiger partial charge in [-0.2, -0.15) is 0 Å². The maximum absolute atomic E-state index is 9.75. The fraction of sp³-hybridized carbons (Fsp3) is 0.300. The van der Waals surface area contributed by atoms with Gasteiger partial charge in [-0.25, -0.2) is 0 Å². The number of rotatable bonds is 3. The zero-order valence-corrected chi connectivity index (χ0v) is 20.5. The molecule has 0 aromatic heterocycles. The van der Waals surface area contributed by atoms with Crippen molar-refractivity contribution >= 4 is 30.1 Å². The van der Waals surface area contributed by atoms with Crippen LogP contribution in [0.25, 0.3) is 0 Å². The Morgan fingerprint density at radius 2 is 0.794 bits per heavy atom. The molecule has 2 rings (SSSR count). The summed E-state index contributed by atoms with van der Waals surface area (Å²) in [6.07, 6.45) is 0. The van der Waals surface area contributed by atoms with Crippen LogP contribution in [0.3, 0.4) is 0 Å². The van der Waals surface area contributed by atoms with E-state index in [-0.39, 0.29) is 17.1 Å². The molecule has 0 heterocycles. The molecule has 8 nitrogen and oxygen atoms in total. The monoisotopic (exact) mass is 525 g/mol. The molecule has 0 spiro atoms. The Morgan fingerprint density at radius 1 is 0.618 bits per heavy atom. The van der Waals surface area contributed by atoms with Crippen LogP contribution < -0.4 is 16.8 Å². The Morgan fingerprint density at radius 3 is 0.971 bits per heavy atom. The molecular weight excluding hydrogens is 501 g/mol. The van der Waals surface area contributed by atoms with E-state index in [1.807, 2.05) is 13.8 Å². The summed E-state index contributed by atoms with van der Waals surface area (Å²) < 4.78 is 39.0. The molecule has 0 unspecified atom stereocenters. The van der Waals surface area contributed by atoms with Crippen LogP contribution in [0.2, 0.25) is 0 Å². The molecule has 0 amide bonds. The van der Waals surface area contributed by atoms with Crippen molar-refractivity contribution in [1.82, 2.24) is 16.8 Å². The molecule has 0 N–H and O–H groups in total. The number of nitrogens with zero attached hydrogens (tertiary/aromatic N) is 5. The van der Waals surface area contributed by atoms with Crippen molar-refractivity contribution in [3.8, 4) is 0 Å². The van der Waals surface area contributed by atoms with Crippen molar-refractivity contribution in [3.05, 3.63) is 73.4 Å². The first-order valence-corrected chi connectivity index (χ1v) is 9.05. The van der Waals surface area contributed by atoms with Gasteiger partial charge in [0, 0.05) is 17.1 Å². The zero-order valence-electron chi connectivity index (χ0n) is 19.4. The van der Waals surface area contributed by atoms with Gasteiger partial charge in [-0.15, -0.1) is 14.7 Å². The standard InChI is InChI=1S/C20H24N2.BF4.Fe.3NO/c1-13-9-7-10-14(2)19(13)21-17(5)18(6)22-20-15(3)11-8-12-16(20)4;2-1(3,4)5;;3*1-2/h7-12H,1-6H3;;;;;/q;-1;;;;. The van der Waals surface area contributed by atoms with Crippen molar-refractivity contribution in [2.24, 2.45) is 9.98 Å². The molecule has 0 aliphatic carbocycles. The van der Waals surface area contributed by atoms with E-state index in [0.29, 0.717) is 0 Å². The fourth-order valence-corrected chi connectivity index (χ4v) is 2.46. The van der Waals surface area contributed by atoms with Crippen LogP contribution in [0.1, 0.15) is 36.1 Å². The molecule has 0 saturated heterocycles. The number of halogens is 4. The number of para-hydroxylation sites is 2. The smallest absolute Gasteiger partial charge is 0.418 e. The summed E-state index contributed by atoms with van der Waals surface area (Å²) in [5.41, 5.74) is 26.0. The van der Waals surface area contributed by atoms with Crippen LogP contribution in [-0.2, 0) is 17.1 Å². The maximum Gasteiger partial charge on any atom is 0.673 e. The molecule has 3 radical (unpaired) electrons. The first kappa shape index (κ1) is 38.2. The predicted molar refractivity (Wildman–Crippen MR) is 124 cm³/mol. The number of aliphatic imine (C=N–C) groups is 2. The van der Waals surface area contributed by atoms with Crippen molar-refractivity contribution in [2.45, 2.75) is 41.5 Å². The minimum atomic E-state index is -6.00. The van der Waals surface area contributed by atoms with Crippen molar-refractivity contribution in [3.63, 3.8) is 0 Å². The van der Waals surface area contributed by atoms with E-state index in [2.05, 4.69) is 64.1 Å². The van der Waals surface area contributed by atoms with Crippen LogP contribution in [0.4, 0.5) is 28.6 Å². The Kier molecular flexibility index (Phi) is 23.0. The minimum Gasteiger partial charge on any atom is -0.418 e. The summed E-state index contributed by atoms with van der Waals surface area (Å²) >= 11 is 0. The van der Waals surface area contributed by atoms with Crippen molar-refractivity contribution in [2.75, 3.05) is 0 Å². The first-order valence-electron chi connectivity index (χ1n) is 9.05. The molecule has 0 aliphatic heterocycles. The van der Waals surface area contributed by atoms with Crippen molar-refractivity contribution in [1.29, 1.82) is 0 Å². The topological polar surface area (TPSA) is 143 Å². The van der Waals surface area contributed by atoms with Gasteiger partial charge in [0.1, 0.15) is 16.8 Å². The van der Waals surface area contributed by atoms with Crippen LogP contribution in [-0.4, -0.2) is 18.7 Å². The van der Waals surface area contributed by atoms with E-state index < -0.39 is 7.25 Å². The molecule has 2 aromatic rings. The molecule has 0 aliphatic rings. The number of benzene rings is 2. The molecule has 0 saturated carbocycles. The molecule has 0 fully saturated rings. The largest absolute Gasteiger partial charge is 0.673 e.